The summed E-state index contributed by atoms with van der Waals surface area (Å²) in [5.74, 6) is 0.208. The maximum Gasteiger partial charge on any atom is 0.126 e. The second kappa shape index (κ2) is 4.20. The fourth-order valence-corrected chi connectivity index (χ4v) is 1.81. The van der Waals surface area contributed by atoms with E-state index in [0.29, 0.717) is 13.2 Å². The van der Waals surface area contributed by atoms with Gasteiger partial charge in [-0.3, -0.25) is 0 Å². The van der Waals surface area contributed by atoms with E-state index in [2.05, 4.69) is 0 Å². The average Bonchev–Trinajstić information content (AvgIpc) is 2.65. The van der Waals surface area contributed by atoms with Gasteiger partial charge in [-0.1, -0.05) is 13.8 Å². The van der Waals surface area contributed by atoms with Crippen LogP contribution in [0.3, 0.4) is 0 Å². The van der Waals surface area contributed by atoms with E-state index < -0.39 is 0 Å². The Labute approximate surface area is 79.4 Å². The molecule has 0 aliphatic carbocycles. The molecule has 1 aliphatic heterocycles. The molecule has 0 saturated carbocycles. The molecule has 1 fully saturated rings. The van der Waals surface area contributed by atoms with Crippen LogP contribution in [0.1, 0.15) is 20.3 Å². The molecule has 0 aromatic carbocycles. The minimum absolute atomic E-state index is 0.0788. The highest BCUT2D eigenvalue weighted by atomic mass is 16.5. The van der Waals surface area contributed by atoms with Crippen LogP contribution in [-0.4, -0.2) is 32.7 Å². The molecule has 0 aromatic rings. The van der Waals surface area contributed by atoms with Gasteiger partial charge in [0.2, 0.25) is 0 Å². The molecule has 0 N–H and O–H groups in total. The minimum atomic E-state index is -0.294. The first-order chi connectivity index (χ1) is 6.18. The largest absolute Gasteiger partial charge is 0.379 e. The second-order valence-corrected chi connectivity index (χ2v) is 3.90. The lowest BCUT2D eigenvalue weighted by atomic mass is 9.74. The van der Waals surface area contributed by atoms with Gasteiger partial charge in [0, 0.05) is 18.4 Å². The Morgan fingerprint density at radius 2 is 2.31 bits per heavy atom. The molecule has 0 amide bonds. The maximum absolute atomic E-state index is 11.0. The summed E-state index contributed by atoms with van der Waals surface area (Å²) in [4.78, 5) is 11.0. The van der Waals surface area contributed by atoms with Crippen LogP contribution in [0.2, 0.25) is 0 Å². The number of methoxy groups -OCH3 is 1. The van der Waals surface area contributed by atoms with Crippen molar-refractivity contribution in [2.75, 3.05) is 20.3 Å². The van der Waals surface area contributed by atoms with Gasteiger partial charge in [-0.25, -0.2) is 0 Å². The van der Waals surface area contributed by atoms with Crippen molar-refractivity contribution in [1.29, 1.82) is 0 Å². The Morgan fingerprint density at radius 1 is 1.62 bits per heavy atom. The van der Waals surface area contributed by atoms with Crippen LogP contribution in [0.15, 0.2) is 0 Å². The standard InChI is InChI=1S/C10H18O3/c1-4-10(2,7-11)8-5-13-6-9(8)12-3/h7-9H,4-6H2,1-3H3. The summed E-state index contributed by atoms with van der Waals surface area (Å²) in [6, 6.07) is 0. The van der Waals surface area contributed by atoms with Crippen molar-refractivity contribution in [3.8, 4) is 0 Å². The Morgan fingerprint density at radius 3 is 2.77 bits per heavy atom. The van der Waals surface area contributed by atoms with E-state index in [1.165, 1.54) is 0 Å². The van der Waals surface area contributed by atoms with Gasteiger partial charge in [0.15, 0.2) is 0 Å². The summed E-state index contributed by atoms with van der Waals surface area (Å²) in [6.07, 6.45) is 1.96. The average molecular weight is 186 g/mol. The Hall–Kier alpha value is -0.410. The Balaban J connectivity index is 2.72. The van der Waals surface area contributed by atoms with Gasteiger partial charge in [0.25, 0.3) is 0 Å². The van der Waals surface area contributed by atoms with Crippen molar-refractivity contribution in [1.82, 2.24) is 0 Å². The van der Waals surface area contributed by atoms with Gasteiger partial charge in [-0.15, -0.1) is 0 Å². The van der Waals surface area contributed by atoms with E-state index in [9.17, 15) is 4.79 Å². The third-order valence-electron chi connectivity index (χ3n) is 3.21. The highest BCUT2D eigenvalue weighted by Crippen LogP contribution is 2.35. The van der Waals surface area contributed by atoms with Crippen molar-refractivity contribution in [2.24, 2.45) is 11.3 Å². The topological polar surface area (TPSA) is 35.5 Å². The van der Waals surface area contributed by atoms with Crippen molar-refractivity contribution >= 4 is 6.29 Å². The summed E-state index contributed by atoms with van der Waals surface area (Å²) in [5.41, 5.74) is -0.294. The van der Waals surface area contributed by atoms with E-state index in [1.54, 1.807) is 7.11 Å². The van der Waals surface area contributed by atoms with Crippen LogP contribution in [0, 0.1) is 11.3 Å². The lowest BCUT2D eigenvalue weighted by Gasteiger charge is -2.31. The molecular weight excluding hydrogens is 168 g/mol. The molecule has 1 heterocycles. The molecule has 3 nitrogen and oxygen atoms in total. The Bertz CT molecular complexity index is 181. The Kier molecular flexibility index (Phi) is 3.45. The highest BCUT2D eigenvalue weighted by Gasteiger charge is 2.41. The van der Waals surface area contributed by atoms with E-state index >= 15 is 0 Å². The second-order valence-electron chi connectivity index (χ2n) is 3.90. The zero-order chi connectivity index (χ0) is 9.90. The van der Waals surface area contributed by atoms with E-state index in [4.69, 9.17) is 9.47 Å². The third-order valence-corrected chi connectivity index (χ3v) is 3.21. The van der Waals surface area contributed by atoms with Crippen LogP contribution < -0.4 is 0 Å². The lowest BCUT2D eigenvalue weighted by Crippen LogP contribution is -2.37. The first-order valence-corrected chi connectivity index (χ1v) is 4.74. The predicted molar refractivity (Wildman–Crippen MR) is 49.6 cm³/mol. The van der Waals surface area contributed by atoms with Crippen molar-refractivity contribution in [2.45, 2.75) is 26.4 Å². The number of hydrogen-bond donors (Lipinski definition) is 0. The van der Waals surface area contributed by atoms with Gasteiger partial charge in [0.1, 0.15) is 6.29 Å². The SMILES string of the molecule is CCC(C)(C=O)C1COCC1OC. The van der Waals surface area contributed by atoms with Crippen LogP contribution in [-0.2, 0) is 14.3 Å². The first-order valence-electron chi connectivity index (χ1n) is 4.74. The summed E-state index contributed by atoms with van der Waals surface area (Å²) >= 11 is 0. The van der Waals surface area contributed by atoms with Crippen molar-refractivity contribution in [3.63, 3.8) is 0 Å². The van der Waals surface area contributed by atoms with Crippen LogP contribution in [0.25, 0.3) is 0 Å². The molecule has 13 heavy (non-hydrogen) atoms. The summed E-state index contributed by atoms with van der Waals surface area (Å²) in [7, 11) is 1.67. The zero-order valence-electron chi connectivity index (χ0n) is 8.58. The monoisotopic (exact) mass is 186 g/mol. The normalized spacial score (nSPS) is 32.8. The van der Waals surface area contributed by atoms with E-state index in [0.717, 1.165) is 12.7 Å². The predicted octanol–water partition coefficient (Wildman–Crippen LogP) is 1.26. The molecule has 0 radical (unpaired) electrons. The fraction of sp³-hybridized carbons (Fsp3) is 0.900. The summed E-state index contributed by atoms with van der Waals surface area (Å²) < 4.78 is 10.6. The number of aldehydes is 1. The molecule has 76 valence electrons. The quantitative estimate of drug-likeness (QED) is 0.620. The molecule has 0 aromatic heterocycles. The minimum Gasteiger partial charge on any atom is -0.379 e. The van der Waals surface area contributed by atoms with Gasteiger partial charge in [0.05, 0.1) is 19.3 Å². The first kappa shape index (κ1) is 10.7. The van der Waals surface area contributed by atoms with Crippen LogP contribution >= 0.6 is 0 Å². The van der Waals surface area contributed by atoms with Gasteiger partial charge in [-0.2, -0.15) is 0 Å². The number of carbonyl (C=O) groups excluding carboxylic acids is 1. The van der Waals surface area contributed by atoms with Gasteiger partial charge >= 0.3 is 0 Å². The number of hydrogen-bond acceptors (Lipinski definition) is 3. The summed E-state index contributed by atoms with van der Waals surface area (Å²) in [5, 5.41) is 0. The molecule has 3 heteroatoms. The van der Waals surface area contributed by atoms with Crippen molar-refractivity contribution < 1.29 is 14.3 Å². The molecule has 3 unspecified atom stereocenters. The lowest BCUT2D eigenvalue weighted by molar-refractivity contribution is -0.120. The van der Waals surface area contributed by atoms with Gasteiger partial charge in [-0.05, 0) is 6.42 Å². The van der Waals surface area contributed by atoms with Gasteiger partial charge < -0.3 is 14.3 Å². The fourth-order valence-electron chi connectivity index (χ4n) is 1.81. The molecule has 0 spiro atoms. The number of carbonyl (C=O) groups is 1. The number of rotatable bonds is 4. The van der Waals surface area contributed by atoms with Crippen LogP contribution in [0.4, 0.5) is 0 Å². The molecule has 1 saturated heterocycles. The maximum atomic E-state index is 11.0. The number of ether oxygens (including phenoxy) is 2. The highest BCUT2D eigenvalue weighted by molar-refractivity contribution is 5.59. The van der Waals surface area contributed by atoms with Crippen molar-refractivity contribution in [3.05, 3.63) is 0 Å². The van der Waals surface area contributed by atoms with E-state index in [1.807, 2.05) is 13.8 Å². The molecule has 3 atom stereocenters. The third kappa shape index (κ3) is 1.92. The molecule has 0 bridgehead atoms. The molecule has 1 rings (SSSR count). The zero-order valence-corrected chi connectivity index (χ0v) is 8.58. The molecule has 1 aliphatic rings. The summed E-state index contributed by atoms with van der Waals surface area (Å²) in [6.45, 7) is 5.26. The molecular formula is C10H18O3. The van der Waals surface area contributed by atoms with Crippen LogP contribution in [0.5, 0.6) is 0 Å². The van der Waals surface area contributed by atoms with E-state index in [-0.39, 0.29) is 17.4 Å². The smallest absolute Gasteiger partial charge is 0.126 e.